The quantitative estimate of drug-likeness (QED) is 0.723. The van der Waals surface area contributed by atoms with E-state index in [0.29, 0.717) is 18.0 Å². The van der Waals surface area contributed by atoms with Crippen LogP contribution >= 0.6 is 0 Å². The summed E-state index contributed by atoms with van der Waals surface area (Å²) in [6.07, 6.45) is 5.56. The van der Waals surface area contributed by atoms with E-state index in [0.717, 1.165) is 38.9 Å². The van der Waals surface area contributed by atoms with Gasteiger partial charge >= 0.3 is 0 Å². The molecule has 0 heterocycles. The summed E-state index contributed by atoms with van der Waals surface area (Å²) < 4.78 is 0. The molecule has 4 heteroatoms. The van der Waals surface area contributed by atoms with Crippen LogP contribution in [0.5, 0.6) is 0 Å². The molecule has 0 bridgehead atoms. The number of nitrogens with zero attached hydrogens (tertiary/aromatic N) is 1. The second-order valence-electron chi connectivity index (χ2n) is 7.02. The summed E-state index contributed by atoms with van der Waals surface area (Å²) in [7, 11) is 0. The van der Waals surface area contributed by atoms with Gasteiger partial charge in [-0.2, -0.15) is 0 Å². The Labute approximate surface area is 130 Å². The van der Waals surface area contributed by atoms with Crippen molar-refractivity contribution in [2.24, 2.45) is 17.6 Å². The molecule has 0 aromatic rings. The van der Waals surface area contributed by atoms with E-state index in [1.165, 1.54) is 12.8 Å². The molecule has 1 amide bonds. The van der Waals surface area contributed by atoms with Crippen molar-refractivity contribution in [2.75, 3.05) is 19.6 Å². The van der Waals surface area contributed by atoms with Crippen LogP contribution in [-0.4, -0.2) is 42.5 Å². The first-order valence-electron chi connectivity index (χ1n) is 8.69. The Bertz CT molecular complexity index is 294. The highest BCUT2D eigenvalue weighted by molar-refractivity contribution is 5.78. The summed E-state index contributed by atoms with van der Waals surface area (Å²) in [5, 5.41) is 3.14. The third-order valence-corrected chi connectivity index (χ3v) is 4.72. The number of carbonyl (C=O) groups is 1. The molecular formula is C17H35N3O. The third kappa shape index (κ3) is 6.35. The van der Waals surface area contributed by atoms with Crippen LogP contribution in [0.4, 0.5) is 0 Å². The van der Waals surface area contributed by atoms with Crippen LogP contribution < -0.4 is 11.1 Å². The fourth-order valence-corrected chi connectivity index (χ4v) is 3.59. The molecule has 3 N–H and O–H groups in total. The Hall–Kier alpha value is -0.610. The molecule has 0 spiro atoms. The maximum atomic E-state index is 12.3. The van der Waals surface area contributed by atoms with Gasteiger partial charge < -0.3 is 11.1 Å². The SMILES string of the molecule is CC(C)N(CCNC(=O)C1CCCC(CCN)C1)C(C)C. The van der Waals surface area contributed by atoms with Crippen molar-refractivity contribution in [2.45, 2.75) is 71.9 Å². The fraction of sp³-hybridized carbons (Fsp3) is 0.941. The van der Waals surface area contributed by atoms with E-state index in [9.17, 15) is 4.79 Å². The average molecular weight is 297 g/mol. The van der Waals surface area contributed by atoms with Gasteiger partial charge in [0.25, 0.3) is 0 Å². The normalized spacial score (nSPS) is 23.0. The lowest BCUT2D eigenvalue weighted by atomic mass is 9.79. The Morgan fingerprint density at radius 3 is 2.48 bits per heavy atom. The number of rotatable bonds is 8. The predicted molar refractivity (Wildman–Crippen MR) is 89.1 cm³/mol. The molecule has 0 aromatic heterocycles. The van der Waals surface area contributed by atoms with Gasteiger partial charge in [-0.05, 0) is 59.4 Å². The number of carbonyl (C=O) groups excluding carboxylic acids is 1. The Morgan fingerprint density at radius 1 is 1.24 bits per heavy atom. The third-order valence-electron chi connectivity index (χ3n) is 4.72. The molecule has 2 unspecified atom stereocenters. The van der Waals surface area contributed by atoms with E-state index in [1.54, 1.807) is 0 Å². The predicted octanol–water partition coefficient (Wildman–Crippen LogP) is 2.38. The Balaban J connectivity index is 2.32. The zero-order valence-electron chi connectivity index (χ0n) is 14.4. The lowest BCUT2D eigenvalue weighted by Crippen LogP contribution is -2.44. The van der Waals surface area contributed by atoms with Crippen molar-refractivity contribution >= 4 is 5.91 Å². The zero-order chi connectivity index (χ0) is 15.8. The second-order valence-corrected chi connectivity index (χ2v) is 7.02. The molecular weight excluding hydrogens is 262 g/mol. The number of hydrogen-bond acceptors (Lipinski definition) is 3. The molecule has 4 nitrogen and oxygen atoms in total. The minimum Gasteiger partial charge on any atom is -0.355 e. The second kappa shape index (κ2) is 9.42. The van der Waals surface area contributed by atoms with Crippen molar-refractivity contribution in [3.05, 3.63) is 0 Å². The van der Waals surface area contributed by atoms with Gasteiger partial charge in [-0.15, -0.1) is 0 Å². The maximum Gasteiger partial charge on any atom is 0.223 e. The molecule has 1 aliphatic carbocycles. The minimum absolute atomic E-state index is 0.210. The largest absolute Gasteiger partial charge is 0.355 e. The smallest absolute Gasteiger partial charge is 0.223 e. The van der Waals surface area contributed by atoms with Gasteiger partial charge in [0.2, 0.25) is 5.91 Å². The van der Waals surface area contributed by atoms with Crippen molar-refractivity contribution in [3.63, 3.8) is 0 Å². The van der Waals surface area contributed by atoms with E-state index in [2.05, 4.69) is 37.9 Å². The van der Waals surface area contributed by atoms with Gasteiger partial charge in [0.15, 0.2) is 0 Å². The summed E-state index contributed by atoms with van der Waals surface area (Å²) in [5.74, 6) is 1.12. The van der Waals surface area contributed by atoms with Crippen molar-refractivity contribution < 1.29 is 4.79 Å². The monoisotopic (exact) mass is 297 g/mol. The van der Waals surface area contributed by atoms with Gasteiger partial charge in [-0.1, -0.05) is 12.8 Å². The van der Waals surface area contributed by atoms with Gasteiger partial charge in [-0.25, -0.2) is 0 Å². The highest BCUT2D eigenvalue weighted by Gasteiger charge is 2.26. The molecule has 1 fully saturated rings. The van der Waals surface area contributed by atoms with Gasteiger partial charge in [-0.3, -0.25) is 9.69 Å². The molecule has 124 valence electrons. The van der Waals surface area contributed by atoms with Crippen LogP contribution in [0.15, 0.2) is 0 Å². The summed E-state index contributed by atoms with van der Waals surface area (Å²) in [6.45, 7) is 11.3. The molecule has 0 aromatic carbocycles. The standard InChI is InChI=1S/C17H35N3O/c1-13(2)20(14(3)4)11-10-19-17(21)16-7-5-6-15(12-16)8-9-18/h13-16H,5-12,18H2,1-4H3,(H,19,21). The molecule has 0 saturated heterocycles. The number of nitrogens with one attached hydrogen (secondary N) is 1. The molecule has 21 heavy (non-hydrogen) atoms. The maximum absolute atomic E-state index is 12.3. The van der Waals surface area contributed by atoms with Crippen LogP contribution in [0.3, 0.4) is 0 Å². The topological polar surface area (TPSA) is 58.4 Å². The first kappa shape index (κ1) is 18.4. The minimum atomic E-state index is 0.210. The van der Waals surface area contributed by atoms with Crippen molar-refractivity contribution in [1.29, 1.82) is 0 Å². The van der Waals surface area contributed by atoms with Crippen LogP contribution in [0.2, 0.25) is 0 Å². The van der Waals surface area contributed by atoms with Crippen LogP contribution in [0.1, 0.15) is 59.8 Å². The number of amides is 1. The van der Waals surface area contributed by atoms with Gasteiger partial charge in [0, 0.05) is 31.1 Å². The lowest BCUT2D eigenvalue weighted by Gasteiger charge is -2.31. The summed E-state index contributed by atoms with van der Waals surface area (Å²) in [6, 6.07) is 1.04. The fourth-order valence-electron chi connectivity index (χ4n) is 3.59. The summed E-state index contributed by atoms with van der Waals surface area (Å²) in [5.41, 5.74) is 5.64. The number of nitrogens with two attached hydrogens (primary N) is 1. The molecule has 0 aliphatic heterocycles. The first-order chi connectivity index (χ1) is 9.95. The van der Waals surface area contributed by atoms with Crippen LogP contribution in [0.25, 0.3) is 0 Å². The summed E-state index contributed by atoms with van der Waals surface area (Å²) >= 11 is 0. The van der Waals surface area contributed by atoms with E-state index in [1.807, 2.05) is 0 Å². The highest BCUT2D eigenvalue weighted by atomic mass is 16.1. The van der Waals surface area contributed by atoms with Crippen molar-refractivity contribution in [3.8, 4) is 0 Å². The molecule has 1 saturated carbocycles. The molecule has 1 aliphatic rings. The zero-order valence-corrected chi connectivity index (χ0v) is 14.4. The van der Waals surface area contributed by atoms with E-state index < -0.39 is 0 Å². The lowest BCUT2D eigenvalue weighted by molar-refractivity contribution is -0.126. The van der Waals surface area contributed by atoms with Crippen molar-refractivity contribution in [1.82, 2.24) is 10.2 Å². The van der Waals surface area contributed by atoms with E-state index in [-0.39, 0.29) is 11.8 Å². The number of hydrogen-bond donors (Lipinski definition) is 2. The molecule has 1 rings (SSSR count). The highest BCUT2D eigenvalue weighted by Crippen LogP contribution is 2.30. The van der Waals surface area contributed by atoms with Crippen LogP contribution in [0, 0.1) is 11.8 Å². The molecule has 0 radical (unpaired) electrons. The van der Waals surface area contributed by atoms with Gasteiger partial charge in [0.1, 0.15) is 0 Å². The summed E-state index contributed by atoms with van der Waals surface area (Å²) in [4.78, 5) is 14.7. The van der Waals surface area contributed by atoms with Gasteiger partial charge in [0.05, 0.1) is 0 Å². The first-order valence-corrected chi connectivity index (χ1v) is 8.69. The van der Waals surface area contributed by atoms with E-state index in [4.69, 9.17) is 5.73 Å². The Morgan fingerprint density at radius 2 is 1.90 bits per heavy atom. The molecule has 2 atom stereocenters. The Kier molecular flexibility index (Phi) is 8.27. The average Bonchev–Trinajstić information content (AvgIpc) is 2.43. The van der Waals surface area contributed by atoms with Crippen LogP contribution in [-0.2, 0) is 4.79 Å². The van der Waals surface area contributed by atoms with E-state index >= 15 is 0 Å².